The van der Waals surface area contributed by atoms with E-state index in [0.717, 1.165) is 0 Å². The van der Waals surface area contributed by atoms with Gasteiger partial charge in [-0.3, -0.25) is 4.98 Å². The quantitative estimate of drug-likeness (QED) is 0.641. The normalized spacial score (nSPS) is 11.1. The molecule has 0 aliphatic carbocycles. The molecule has 2 aromatic heterocycles. The van der Waals surface area contributed by atoms with Crippen molar-refractivity contribution in [2.45, 2.75) is 0 Å². The highest BCUT2D eigenvalue weighted by atomic mass is 35.5. The molecule has 0 spiro atoms. The van der Waals surface area contributed by atoms with E-state index < -0.39 is 5.76 Å². The summed E-state index contributed by atoms with van der Waals surface area (Å²) >= 11 is 5.78. The maximum absolute atomic E-state index is 11.0. The third-order valence-electron chi connectivity index (χ3n) is 2.37. The highest BCUT2D eigenvalue weighted by molar-refractivity contribution is 6.30. The maximum Gasteiger partial charge on any atom is 0.417 e. The molecule has 86 valence electrons. The van der Waals surface area contributed by atoms with Gasteiger partial charge >= 0.3 is 5.76 Å². The van der Waals surface area contributed by atoms with Gasteiger partial charge in [0.2, 0.25) is 0 Å². The Hall–Kier alpha value is -2.21. The average Bonchev–Trinajstić information content (AvgIpc) is 2.82. The number of rotatable bonds is 1. The lowest BCUT2D eigenvalue weighted by Crippen LogP contribution is -2.00. The molecule has 1 aromatic carbocycles. The molecule has 3 N–H and O–H groups in total. The number of hydrogen-bond donors (Lipinski definition) is 2. The van der Waals surface area contributed by atoms with E-state index in [4.69, 9.17) is 21.8 Å². The Labute approximate surface area is 99.6 Å². The number of nitrogens with two attached hydrogens (primary N) is 1. The van der Waals surface area contributed by atoms with E-state index in [1.54, 1.807) is 18.3 Å². The molecule has 2 heterocycles. The Bertz CT molecular complexity index is 755. The van der Waals surface area contributed by atoms with E-state index in [1.807, 2.05) is 0 Å². The number of halogens is 1. The van der Waals surface area contributed by atoms with Gasteiger partial charge in [0.15, 0.2) is 5.58 Å². The molecule has 0 saturated heterocycles. The van der Waals surface area contributed by atoms with E-state index >= 15 is 0 Å². The van der Waals surface area contributed by atoms with Gasteiger partial charge in [-0.25, -0.2) is 9.48 Å². The van der Waals surface area contributed by atoms with Crippen LogP contribution in [0.25, 0.3) is 16.8 Å². The second-order valence-corrected chi connectivity index (χ2v) is 3.96. The Morgan fingerprint density at radius 1 is 1.47 bits per heavy atom. The zero-order chi connectivity index (χ0) is 12.0. The minimum absolute atomic E-state index is 0.412. The predicted molar refractivity (Wildman–Crippen MR) is 63.4 cm³/mol. The van der Waals surface area contributed by atoms with Crippen molar-refractivity contribution >= 4 is 28.4 Å². The molecule has 0 amide bonds. The van der Waals surface area contributed by atoms with Crippen molar-refractivity contribution in [3.05, 3.63) is 40.1 Å². The molecule has 0 fully saturated rings. The predicted octanol–water partition coefficient (Wildman–Crippen LogP) is 1.54. The van der Waals surface area contributed by atoms with Crippen molar-refractivity contribution in [2.24, 2.45) is 0 Å². The zero-order valence-electron chi connectivity index (χ0n) is 8.48. The number of H-pyrrole nitrogens is 1. The fraction of sp³-hybridized carbons (Fsp3) is 0. The number of aromatic amines is 1. The Balaban J connectivity index is 2.29. The monoisotopic (exact) mass is 250 g/mol. The summed E-state index contributed by atoms with van der Waals surface area (Å²) in [4.78, 5) is 13.6. The van der Waals surface area contributed by atoms with Crippen molar-refractivity contribution in [3.63, 3.8) is 0 Å². The molecule has 0 aliphatic rings. The minimum atomic E-state index is -0.518. The maximum atomic E-state index is 11.0. The standard InChI is InChI=1S/C10H7ClN4O2/c11-5-3-13-15(4-5)8-2-7-9(1-6(8)12)17-10(16)14-7/h1-4H,12H2,(H,14,16). The number of nitrogen functional groups attached to an aromatic ring is 1. The number of anilines is 1. The van der Waals surface area contributed by atoms with Crippen LogP contribution in [0.15, 0.2) is 33.7 Å². The van der Waals surface area contributed by atoms with Crippen molar-refractivity contribution in [1.82, 2.24) is 14.8 Å². The second kappa shape index (κ2) is 3.39. The first-order valence-corrected chi connectivity index (χ1v) is 5.14. The summed E-state index contributed by atoms with van der Waals surface area (Å²) < 4.78 is 6.43. The van der Waals surface area contributed by atoms with Gasteiger partial charge in [-0.2, -0.15) is 5.10 Å². The third-order valence-corrected chi connectivity index (χ3v) is 2.56. The summed E-state index contributed by atoms with van der Waals surface area (Å²) in [5.74, 6) is -0.518. The van der Waals surface area contributed by atoms with E-state index in [2.05, 4.69) is 10.1 Å². The van der Waals surface area contributed by atoms with Crippen LogP contribution in [0.1, 0.15) is 0 Å². The van der Waals surface area contributed by atoms with Crippen molar-refractivity contribution < 1.29 is 4.42 Å². The van der Waals surface area contributed by atoms with Crippen LogP contribution in [0, 0.1) is 0 Å². The largest absolute Gasteiger partial charge is 0.417 e. The van der Waals surface area contributed by atoms with Crippen LogP contribution < -0.4 is 11.5 Å². The number of nitrogens with one attached hydrogen (secondary N) is 1. The molecule has 0 bridgehead atoms. The van der Waals surface area contributed by atoms with Crippen molar-refractivity contribution in [1.29, 1.82) is 0 Å². The molecular weight excluding hydrogens is 244 g/mol. The van der Waals surface area contributed by atoms with Gasteiger partial charge in [-0.1, -0.05) is 11.6 Å². The Morgan fingerprint density at radius 3 is 3.00 bits per heavy atom. The minimum Gasteiger partial charge on any atom is -0.408 e. The van der Waals surface area contributed by atoms with Gasteiger partial charge in [-0.15, -0.1) is 0 Å². The van der Waals surface area contributed by atoms with Crippen molar-refractivity contribution in [2.75, 3.05) is 5.73 Å². The van der Waals surface area contributed by atoms with Gasteiger partial charge in [-0.05, 0) is 6.07 Å². The molecule has 0 atom stereocenters. The summed E-state index contributed by atoms with van der Waals surface area (Å²) in [5.41, 5.74) is 7.90. The summed E-state index contributed by atoms with van der Waals surface area (Å²) in [6.45, 7) is 0. The number of hydrogen-bond acceptors (Lipinski definition) is 4. The molecule has 0 saturated carbocycles. The van der Waals surface area contributed by atoms with Gasteiger partial charge in [0, 0.05) is 12.3 Å². The van der Waals surface area contributed by atoms with Crippen LogP contribution in [-0.4, -0.2) is 14.8 Å². The third kappa shape index (κ3) is 1.58. The lowest BCUT2D eigenvalue weighted by molar-refractivity contribution is 0.555. The number of oxazole rings is 1. The highest BCUT2D eigenvalue weighted by Crippen LogP contribution is 2.23. The van der Waals surface area contributed by atoms with Gasteiger partial charge in [0.1, 0.15) is 0 Å². The Morgan fingerprint density at radius 2 is 2.29 bits per heavy atom. The number of fused-ring (bicyclic) bond motifs is 1. The summed E-state index contributed by atoms with van der Waals surface area (Å²) in [6.07, 6.45) is 3.13. The summed E-state index contributed by atoms with van der Waals surface area (Å²) in [6, 6.07) is 3.25. The van der Waals surface area contributed by atoms with E-state index in [1.165, 1.54) is 10.9 Å². The zero-order valence-corrected chi connectivity index (χ0v) is 9.23. The lowest BCUT2D eigenvalue weighted by Gasteiger charge is -2.04. The number of aromatic nitrogens is 3. The molecular formula is C10H7ClN4O2. The van der Waals surface area contributed by atoms with E-state index in [9.17, 15) is 4.79 Å². The van der Waals surface area contributed by atoms with Crippen LogP contribution in [0.3, 0.4) is 0 Å². The number of benzene rings is 1. The van der Waals surface area contributed by atoms with Crippen LogP contribution >= 0.6 is 11.6 Å². The van der Waals surface area contributed by atoms with Gasteiger partial charge in [0.05, 0.1) is 28.1 Å². The molecule has 0 unspecified atom stereocenters. The molecule has 0 radical (unpaired) electrons. The SMILES string of the molecule is Nc1cc2oc(=O)[nH]c2cc1-n1cc(Cl)cn1. The highest BCUT2D eigenvalue weighted by Gasteiger charge is 2.09. The molecule has 3 aromatic rings. The first kappa shape index (κ1) is 9.98. The summed E-state index contributed by atoms with van der Waals surface area (Å²) in [5, 5.41) is 4.55. The molecule has 17 heavy (non-hydrogen) atoms. The number of nitrogens with zero attached hydrogens (tertiary/aromatic N) is 2. The molecule has 0 aliphatic heterocycles. The molecule has 6 nitrogen and oxygen atoms in total. The Kier molecular flexibility index (Phi) is 1.99. The topological polar surface area (TPSA) is 89.8 Å². The van der Waals surface area contributed by atoms with Gasteiger partial charge in [0.25, 0.3) is 0 Å². The van der Waals surface area contributed by atoms with Crippen LogP contribution in [0.2, 0.25) is 5.02 Å². The lowest BCUT2D eigenvalue weighted by atomic mass is 10.2. The molecule has 3 rings (SSSR count). The molecule has 7 heteroatoms. The fourth-order valence-electron chi connectivity index (χ4n) is 1.63. The van der Waals surface area contributed by atoms with Crippen LogP contribution in [-0.2, 0) is 0 Å². The average molecular weight is 251 g/mol. The van der Waals surface area contributed by atoms with Gasteiger partial charge < -0.3 is 10.2 Å². The first-order chi connectivity index (χ1) is 8.13. The second-order valence-electron chi connectivity index (χ2n) is 3.52. The fourth-order valence-corrected chi connectivity index (χ4v) is 1.77. The van der Waals surface area contributed by atoms with Crippen LogP contribution in [0.5, 0.6) is 0 Å². The summed E-state index contributed by atoms with van der Waals surface area (Å²) in [7, 11) is 0. The van der Waals surface area contributed by atoms with E-state index in [-0.39, 0.29) is 0 Å². The first-order valence-electron chi connectivity index (χ1n) is 4.76. The smallest absolute Gasteiger partial charge is 0.408 e. The van der Waals surface area contributed by atoms with Crippen molar-refractivity contribution in [3.8, 4) is 5.69 Å². The van der Waals surface area contributed by atoms with Crippen LogP contribution in [0.4, 0.5) is 5.69 Å². The van der Waals surface area contributed by atoms with E-state index in [0.29, 0.717) is 27.5 Å².